The van der Waals surface area contributed by atoms with Gasteiger partial charge < -0.3 is 10.6 Å². The van der Waals surface area contributed by atoms with Crippen LogP contribution in [0.3, 0.4) is 0 Å². The van der Waals surface area contributed by atoms with Crippen LogP contribution in [0.25, 0.3) is 0 Å². The van der Waals surface area contributed by atoms with E-state index < -0.39 is 10.0 Å². The van der Waals surface area contributed by atoms with Crippen LogP contribution in [0, 0.1) is 12.8 Å². The predicted molar refractivity (Wildman–Crippen MR) is 110 cm³/mol. The molecule has 0 unspecified atom stereocenters. The Bertz CT molecular complexity index is 1060. The zero-order valence-corrected chi connectivity index (χ0v) is 16.9. The van der Waals surface area contributed by atoms with Gasteiger partial charge in [-0.2, -0.15) is 0 Å². The molecule has 0 bridgehead atoms. The number of nitrogens with one attached hydrogen (secondary N) is 3. The lowest BCUT2D eigenvalue weighted by molar-refractivity contribution is -0.117. The smallest absolute Gasteiger partial charge is 0.255 e. The molecule has 2 amide bonds. The van der Waals surface area contributed by atoms with Crippen LogP contribution in [0.4, 0.5) is 11.4 Å². The van der Waals surface area contributed by atoms with Crippen molar-refractivity contribution in [2.75, 3.05) is 10.6 Å². The molecule has 4 rings (SSSR count). The van der Waals surface area contributed by atoms with E-state index in [1.807, 2.05) is 0 Å². The predicted octanol–water partition coefficient (Wildman–Crippen LogP) is 3.04. The van der Waals surface area contributed by atoms with Crippen molar-refractivity contribution in [2.45, 2.75) is 43.5 Å². The SMILES string of the molecule is Cc1ccc(S(=O)(=O)NC2CC2)cc1C(=O)Nc1ccc(NC(=O)C2CC2)cc1. The average Bonchev–Trinajstić information content (AvgIpc) is 3.57. The number of carbonyl (C=O) groups excluding carboxylic acids is 2. The van der Waals surface area contributed by atoms with Crippen molar-refractivity contribution in [2.24, 2.45) is 5.92 Å². The number of rotatable bonds is 7. The van der Waals surface area contributed by atoms with Gasteiger partial charge in [0, 0.05) is 28.9 Å². The van der Waals surface area contributed by atoms with E-state index in [2.05, 4.69) is 15.4 Å². The molecule has 0 aromatic heterocycles. The van der Waals surface area contributed by atoms with E-state index in [4.69, 9.17) is 0 Å². The highest BCUT2D eigenvalue weighted by Gasteiger charge is 2.30. The summed E-state index contributed by atoms with van der Waals surface area (Å²) in [5.41, 5.74) is 2.22. The molecular weight excluding hydrogens is 390 g/mol. The monoisotopic (exact) mass is 413 g/mol. The molecule has 7 nitrogen and oxygen atoms in total. The van der Waals surface area contributed by atoms with Crippen LogP contribution in [0.15, 0.2) is 47.4 Å². The molecule has 0 atom stereocenters. The number of anilines is 2. The Balaban J connectivity index is 1.46. The van der Waals surface area contributed by atoms with Gasteiger partial charge in [0.1, 0.15) is 0 Å². The van der Waals surface area contributed by atoms with Gasteiger partial charge in [-0.05, 0) is 74.6 Å². The first-order chi connectivity index (χ1) is 13.8. The highest BCUT2D eigenvalue weighted by molar-refractivity contribution is 7.89. The standard InChI is InChI=1S/C21H23N3O4S/c1-13-2-11-18(29(27,28)24-17-9-10-17)12-19(13)21(26)23-16-7-5-15(6-8-16)22-20(25)14-3-4-14/h2,5-8,11-12,14,17,24H,3-4,9-10H2,1H3,(H,22,25)(H,23,26). The van der Waals surface area contributed by atoms with Crippen LogP contribution < -0.4 is 15.4 Å². The summed E-state index contributed by atoms with van der Waals surface area (Å²) in [7, 11) is -3.63. The molecule has 29 heavy (non-hydrogen) atoms. The first-order valence-electron chi connectivity index (χ1n) is 9.67. The molecule has 3 N–H and O–H groups in total. The van der Waals surface area contributed by atoms with Gasteiger partial charge >= 0.3 is 0 Å². The minimum Gasteiger partial charge on any atom is -0.326 e. The van der Waals surface area contributed by atoms with E-state index in [9.17, 15) is 18.0 Å². The molecule has 2 aromatic rings. The van der Waals surface area contributed by atoms with Crippen LogP contribution in [0.1, 0.15) is 41.6 Å². The number of aryl methyl sites for hydroxylation is 1. The second-order valence-corrected chi connectivity index (χ2v) is 9.38. The minimum absolute atomic E-state index is 0.00232. The fourth-order valence-corrected chi connectivity index (χ4v) is 4.26. The van der Waals surface area contributed by atoms with Crippen molar-refractivity contribution in [1.82, 2.24) is 4.72 Å². The molecule has 0 aliphatic heterocycles. The topological polar surface area (TPSA) is 104 Å². The van der Waals surface area contributed by atoms with Gasteiger partial charge in [0.25, 0.3) is 5.91 Å². The normalized spacial score (nSPS) is 16.3. The van der Waals surface area contributed by atoms with Crippen LogP contribution >= 0.6 is 0 Å². The summed E-state index contributed by atoms with van der Waals surface area (Å²) in [4.78, 5) is 24.6. The van der Waals surface area contributed by atoms with Gasteiger partial charge in [0.05, 0.1) is 4.90 Å². The molecule has 2 fully saturated rings. The molecular formula is C21H23N3O4S. The zero-order valence-electron chi connectivity index (χ0n) is 16.1. The Kier molecular flexibility index (Phi) is 5.14. The van der Waals surface area contributed by atoms with Gasteiger partial charge in [-0.15, -0.1) is 0 Å². The Morgan fingerprint density at radius 1 is 0.897 bits per heavy atom. The van der Waals surface area contributed by atoms with E-state index in [-0.39, 0.29) is 28.7 Å². The largest absolute Gasteiger partial charge is 0.326 e. The molecule has 8 heteroatoms. The minimum atomic E-state index is -3.63. The lowest BCUT2D eigenvalue weighted by Gasteiger charge is -2.11. The van der Waals surface area contributed by atoms with Crippen molar-refractivity contribution in [3.05, 3.63) is 53.6 Å². The Labute approximate surface area is 169 Å². The molecule has 2 aliphatic carbocycles. The molecule has 152 valence electrons. The number of hydrogen-bond donors (Lipinski definition) is 3. The second-order valence-electron chi connectivity index (χ2n) is 7.67. The van der Waals surface area contributed by atoms with Crippen LogP contribution in [-0.4, -0.2) is 26.3 Å². The van der Waals surface area contributed by atoms with E-state index >= 15 is 0 Å². The number of amides is 2. The maximum Gasteiger partial charge on any atom is 0.255 e. The second kappa shape index (κ2) is 7.61. The van der Waals surface area contributed by atoms with Crippen molar-refractivity contribution in [1.29, 1.82) is 0 Å². The van der Waals surface area contributed by atoms with Crippen molar-refractivity contribution < 1.29 is 18.0 Å². The first kappa shape index (κ1) is 19.6. The van der Waals surface area contributed by atoms with Crippen molar-refractivity contribution >= 4 is 33.2 Å². The summed E-state index contributed by atoms with van der Waals surface area (Å²) >= 11 is 0. The fraction of sp³-hybridized carbons (Fsp3) is 0.333. The Hall–Kier alpha value is -2.71. The summed E-state index contributed by atoms with van der Waals surface area (Å²) in [6.45, 7) is 1.76. The van der Waals surface area contributed by atoms with Gasteiger partial charge in [-0.1, -0.05) is 6.07 Å². The summed E-state index contributed by atoms with van der Waals surface area (Å²) in [5, 5.41) is 5.62. The molecule has 0 radical (unpaired) electrons. The molecule has 0 spiro atoms. The maximum absolute atomic E-state index is 12.7. The summed E-state index contributed by atoms with van der Waals surface area (Å²) < 4.78 is 27.5. The van der Waals surface area contributed by atoms with E-state index in [0.717, 1.165) is 25.7 Å². The van der Waals surface area contributed by atoms with Gasteiger partial charge in [-0.3, -0.25) is 9.59 Å². The number of carbonyl (C=O) groups is 2. The van der Waals surface area contributed by atoms with Crippen LogP contribution in [0.2, 0.25) is 0 Å². The fourth-order valence-electron chi connectivity index (χ4n) is 2.93. The Morgan fingerprint density at radius 2 is 1.52 bits per heavy atom. The number of hydrogen-bond acceptors (Lipinski definition) is 4. The first-order valence-corrected chi connectivity index (χ1v) is 11.2. The third-order valence-electron chi connectivity index (χ3n) is 5.02. The van der Waals surface area contributed by atoms with Crippen LogP contribution in [0.5, 0.6) is 0 Å². The molecule has 0 saturated heterocycles. The van der Waals surface area contributed by atoms with Crippen LogP contribution in [-0.2, 0) is 14.8 Å². The quantitative estimate of drug-likeness (QED) is 0.649. The summed E-state index contributed by atoms with van der Waals surface area (Å²) in [6, 6.07) is 11.4. The van der Waals surface area contributed by atoms with Gasteiger partial charge in [0.2, 0.25) is 15.9 Å². The van der Waals surface area contributed by atoms with Gasteiger partial charge in [-0.25, -0.2) is 13.1 Å². The molecule has 2 saturated carbocycles. The highest BCUT2D eigenvalue weighted by atomic mass is 32.2. The number of benzene rings is 2. The zero-order chi connectivity index (χ0) is 20.6. The third-order valence-corrected chi connectivity index (χ3v) is 6.54. The summed E-state index contributed by atoms with van der Waals surface area (Å²) in [6.07, 6.45) is 3.56. The maximum atomic E-state index is 12.7. The lowest BCUT2D eigenvalue weighted by atomic mass is 10.1. The van der Waals surface area contributed by atoms with Gasteiger partial charge in [0.15, 0.2) is 0 Å². The van der Waals surface area contributed by atoms with Crippen molar-refractivity contribution in [3.8, 4) is 0 Å². The Morgan fingerprint density at radius 3 is 2.10 bits per heavy atom. The molecule has 2 aromatic carbocycles. The highest BCUT2D eigenvalue weighted by Crippen LogP contribution is 2.30. The third kappa shape index (κ3) is 4.83. The summed E-state index contributed by atoms with van der Waals surface area (Å²) in [5.74, 6) is -0.244. The van der Waals surface area contributed by atoms with E-state index in [1.165, 1.54) is 12.1 Å². The molecule has 2 aliphatic rings. The number of sulfonamides is 1. The lowest BCUT2D eigenvalue weighted by Crippen LogP contribution is -2.26. The van der Waals surface area contributed by atoms with E-state index in [0.29, 0.717) is 22.5 Å². The average molecular weight is 413 g/mol. The van der Waals surface area contributed by atoms with E-state index in [1.54, 1.807) is 37.3 Å². The van der Waals surface area contributed by atoms with Crippen molar-refractivity contribution in [3.63, 3.8) is 0 Å². The molecule has 0 heterocycles.